The maximum absolute atomic E-state index is 3.71. The third kappa shape index (κ3) is 3.46. The zero-order valence-electron chi connectivity index (χ0n) is 10.2. The van der Waals surface area contributed by atoms with Gasteiger partial charge in [0.15, 0.2) is 0 Å². The monoisotopic (exact) mass is 210 g/mol. The van der Waals surface area contributed by atoms with Crippen LogP contribution in [0.2, 0.25) is 0 Å². The highest BCUT2D eigenvalue weighted by Crippen LogP contribution is 2.23. The van der Waals surface area contributed by atoms with Crippen molar-refractivity contribution in [1.29, 1.82) is 0 Å². The van der Waals surface area contributed by atoms with E-state index in [1.807, 2.05) is 0 Å². The van der Waals surface area contributed by atoms with Gasteiger partial charge in [-0.2, -0.15) is 0 Å². The van der Waals surface area contributed by atoms with Crippen molar-refractivity contribution in [3.8, 4) is 0 Å². The van der Waals surface area contributed by atoms with E-state index in [9.17, 15) is 0 Å². The molecule has 0 saturated carbocycles. The molecule has 15 heavy (non-hydrogen) atoms. The Labute approximate surface area is 94.4 Å². The molecule has 2 nitrogen and oxygen atoms in total. The second-order valence-corrected chi connectivity index (χ2v) is 5.60. The predicted molar refractivity (Wildman–Crippen MR) is 65.2 cm³/mol. The van der Waals surface area contributed by atoms with Gasteiger partial charge in [-0.05, 0) is 65.2 Å². The van der Waals surface area contributed by atoms with Crippen LogP contribution in [0.4, 0.5) is 0 Å². The molecule has 2 aliphatic heterocycles. The molecule has 0 aromatic carbocycles. The van der Waals surface area contributed by atoms with Gasteiger partial charge in [0.1, 0.15) is 0 Å². The van der Waals surface area contributed by atoms with Gasteiger partial charge in [0.05, 0.1) is 0 Å². The minimum atomic E-state index is 0.440. The average Bonchev–Trinajstić information content (AvgIpc) is 2.29. The second kappa shape index (κ2) is 5.31. The van der Waals surface area contributed by atoms with Crippen LogP contribution in [-0.2, 0) is 0 Å². The minimum Gasteiger partial charge on any atom is -0.311 e. The quantitative estimate of drug-likeness (QED) is 0.769. The Kier molecular flexibility index (Phi) is 4.04. The normalized spacial score (nSPS) is 34.2. The molecule has 1 atom stereocenters. The van der Waals surface area contributed by atoms with Crippen LogP contribution in [0.3, 0.4) is 0 Å². The highest BCUT2D eigenvalue weighted by Gasteiger charge is 2.26. The van der Waals surface area contributed by atoms with E-state index in [0.29, 0.717) is 5.54 Å². The van der Waals surface area contributed by atoms with Gasteiger partial charge in [-0.15, -0.1) is 0 Å². The van der Waals surface area contributed by atoms with E-state index in [-0.39, 0.29) is 0 Å². The first-order valence-corrected chi connectivity index (χ1v) is 6.76. The summed E-state index contributed by atoms with van der Waals surface area (Å²) in [6.07, 6.45) is 9.80. The highest BCUT2D eigenvalue weighted by molar-refractivity contribution is 4.87. The van der Waals surface area contributed by atoms with Crippen molar-refractivity contribution in [3.05, 3.63) is 0 Å². The van der Waals surface area contributed by atoms with Gasteiger partial charge in [-0.25, -0.2) is 0 Å². The summed E-state index contributed by atoms with van der Waals surface area (Å²) in [6.45, 7) is 7.64. The van der Waals surface area contributed by atoms with Gasteiger partial charge in [-0.3, -0.25) is 0 Å². The summed E-state index contributed by atoms with van der Waals surface area (Å²) in [4.78, 5) is 2.66. The first kappa shape index (κ1) is 11.4. The maximum Gasteiger partial charge on any atom is 0.0165 e. The fourth-order valence-electron chi connectivity index (χ4n) is 2.92. The standard InChI is InChI=1S/C13H26N2/c1-13(7-3-4-9-14-13)8-12-15-10-5-2-6-11-15/h14H,2-12H2,1H3. The number of nitrogens with zero attached hydrogens (tertiary/aromatic N) is 1. The van der Waals surface area contributed by atoms with E-state index in [0.717, 1.165) is 0 Å². The molecule has 2 aliphatic rings. The zero-order chi connectivity index (χ0) is 10.6. The first-order valence-electron chi connectivity index (χ1n) is 6.76. The lowest BCUT2D eigenvalue weighted by Crippen LogP contribution is -2.48. The first-order chi connectivity index (χ1) is 7.29. The number of rotatable bonds is 3. The van der Waals surface area contributed by atoms with Crippen LogP contribution >= 0.6 is 0 Å². The Morgan fingerprint density at radius 3 is 2.53 bits per heavy atom. The summed E-state index contributed by atoms with van der Waals surface area (Å²) in [5.74, 6) is 0. The molecule has 0 amide bonds. The van der Waals surface area contributed by atoms with Crippen molar-refractivity contribution in [3.63, 3.8) is 0 Å². The summed E-state index contributed by atoms with van der Waals surface area (Å²) >= 11 is 0. The molecule has 0 aromatic rings. The lowest BCUT2D eigenvalue weighted by Gasteiger charge is -2.37. The van der Waals surface area contributed by atoms with Gasteiger partial charge in [0.25, 0.3) is 0 Å². The van der Waals surface area contributed by atoms with Gasteiger partial charge in [0.2, 0.25) is 0 Å². The molecule has 0 spiro atoms. The van der Waals surface area contributed by atoms with E-state index in [4.69, 9.17) is 0 Å². The van der Waals surface area contributed by atoms with Crippen molar-refractivity contribution in [2.75, 3.05) is 26.2 Å². The number of piperidine rings is 2. The Morgan fingerprint density at radius 2 is 1.87 bits per heavy atom. The Bertz CT molecular complexity index is 179. The summed E-state index contributed by atoms with van der Waals surface area (Å²) in [5, 5.41) is 3.71. The molecular formula is C13H26N2. The lowest BCUT2D eigenvalue weighted by atomic mass is 9.87. The average molecular weight is 210 g/mol. The molecule has 0 aromatic heterocycles. The summed E-state index contributed by atoms with van der Waals surface area (Å²) < 4.78 is 0. The minimum absolute atomic E-state index is 0.440. The molecule has 88 valence electrons. The molecule has 2 saturated heterocycles. The van der Waals surface area contributed by atoms with Crippen molar-refractivity contribution in [2.24, 2.45) is 0 Å². The zero-order valence-corrected chi connectivity index (χ0v) is 10.2. The second-order valence-electron chi connectivity index (χ2n) is 5.60. The number of hydrogen-bond donors (Lipinski definition) is 1. The van der Waals surface area contributed by atoms with Crippen LogP contribution < -0.4 is 5.32 Å². The van der Waals surface area contributed by atoms with E-state index in [1.165, 1.54) is 71.1 Å². The van der Waals surface area contributed by atoms with E-state index < -0.39 is 0 Å². The SMILES string of the molecule is CC1(CCN2CCCCC2)CCCCN1. The fraction of sp³-hybridized carbons (Fsp3) is 1.00. The summed E-state index contributed by atoms with van der Waals surface area (Å²) in [6, 6.07) is 0. The Hall–Kier alpha value is -0.0800. The lowest BCUT2D eigenvalue weighted by molar-refractivity contribution is 0.179. The van der Waals surface area contributed by atoms with Crippen LogP contribution in [0.5, 0.6) is 0 Å². The molecule has 2 rings (SSSR count). The smallest absolute Gasteiger partial charge is 0.0165 e. The Balaban J connectivity index is 1.70. The number of hydrogen-bond acceptors (Lipinski definition) is 2. The third-order valence-electron chi connectivity index (χ3n) is 4.14. The van der Waals surface area contributed by atoms with Gasteiger partial charge < -0.3 is 10.2 Å². The topological polar surface area (TPSA) is 15.3 Å². The van der Waals surface area contributed by atoms with Gasteiger partial charge in [0, 0.05) is 5.54 Å². The van der Waals surface area contributed by atoms with Gasteiger partial charge >= 0.3 is 0 Å². The molecular weight excluding hydrogens is 184 g/mol. The molecule has 0 aliphatic carbocycles. The molecule has 2 heteroatoms. The summed E-state index contributed by atoms with van der Waals surface area (Å²) in [7, 11) is 0. The van der Waals surface area contributed by atoms with E-state index in [2.05, 4.69) is 17.1 Å². The predicted octanol–water partition coefficient (Wildman–Crippen LogP) is 2.39. The third-order valence-corrected chi connectivity index (χ3v) is 4.14. The molecule has 1 unspecified atom stereocenters. The molecule has 2 heterocycles. The van der Waals surface area contributed by atoms with E-state index in [1.54, 1.807) is 0 Å². The maximum atomic E-state index is 3.71. The van der Waals surface area contributed by atoms with Gasteiger partial charge in [-0.1, -0.05) is 12.8 Å². The Morgan fingerprint density at radius 1 is 1.07 bits per heavy atom. The van der Waals surface area contributed by atoms with E-state index >= 15 is 0 Å². The van der Waals surface area contributed by atoms with Crippen LogP contribution in [-0.4, -0.2) is 36.6 Å². The molecule has 0 bridgehead atoms. The largest absolute Gasteiger partial charge is 0.311 e. The van der Waals surface area contributed by atoms with Crippen LogP contribution in [0.1, 0.15) is 51.9 Å². The van der Waals surface area contributed by atoms with Crippen LogP contribution in [0.15, 0.2) is 0 Å². The highest BCUT2D eigenvalue weighted by atomic mass is 15.1. The van der Waals surface area contributed by atoms with Crippen molar-refractivity contribution >= 4 is 0 Å². The van der Waals surface area contributed by atoms with Crippen molar-refractivity contribution in [2.45, 2.75) is 57.4 Å². The van der Waals surface area contributed by atoms with Crippen LogP contribution in [0, 0.1) is 0 Å². The molecule has 2 fully saturated rings. The fourth-order valence-corrected chi connectivity index (χ4v) is 2.92. The summed E-state index contributed by atoms with van der Waals surface area (Å²) in [5.41, 5.74) is 0.440. The number of nitrogens with one attached hydrogen (secondary N) is 1. The number of likely N-dealkylation sites (tertiary alicyclic amines) is 1. The van der Waals surface area contributed by atoms with Crippen molar-refractivity contribution < 1.29 is 0 Å². The molecule has 1 N–H and O–H groups in total. The molecule has 0 radical (unpaired) electrons. The van der Waals surface area contributed by atoms with Crippen LogP contribution in [0.25, 0.3) is 0 Å². The van der Waals surface area contributed by atoms with Crippen molar-refractivity contribution in [1.82, 2.24) is 10.2 Å².